The molecule has 4 heteroatoms. The van der Waals surface area contributed by atoms with Crippen LogP contribution in [0.1, 0.15) is 5.56 Å². The SMILES string of the molecule is N#Cc1cc(-n2c3ccccc3c3ccc(-c4ccccc4-c4ccccc4)cc32)c(-n2c3ccccc3c3ccc(-c4ccccc4-c4ccccc4)cc32)cc1-c1cc(-c2ccccc2)nc(-c2ccccc2)c1. The molecule has 4 nitrogen and oxygen atoms in total. The van der Waals surface area contributed by atoms with Crippen molar-refractivity contribution in [3.63, 3.8) is 0 Å². The molecule has 0 radical (unpaired) electrons. The summed E-state index contributed by atoms with van der Waals surface area (Å²) in [7, 11) is 0. The molecule has 3 heterocycles. The highest BCUT2D eigenvalue weighted by molar-refractivity contribution is 6.13. The zero-order chi connectivity index (χ0) is 50.5. The molecule has 0 fully saturated rings. The number of pyridine rings is 1. The van der Waals surface area contributed by atoms with Crippen LogP contribution in [0.5, 0.6) is 0 Å². The molecule has 0 unspecified atom stereocenters. The quantitative estimate of drug-likeness (QED) is 0.145. The van der Waals surface area contributed by atoms with E-state index >= 15 is 0 Å². The Labute approximate surface area is 440 Å². The summed E-state index contributed by atoms with van der Waals surface area (Å²) < 4.78 is 4.83. The van der Waals surface area contributed by atoms with Crippen molar-refractivity contribution in [3.05, 3.63) is 285 Å². The first-order chi connectivity index (χ1) is 37.7. The van der Waals surface area contributed by atoms with Crippen molar-refractivity contribution < 1.29 is 0 Å². The molecule has 0 aliphatic carbocycles. The van der Waals surface area contributed by atoms with Crippen LogP contribution < -0.4 is 0 Å². The molecule has 0 atom stereocenters. The number of fused-ring (bicyclic) bond motifs is 6. The van der Waals surface area contributed by atoms with E-state index in [0.717, 1.165) is 122 Å². The van der Waals surface area contributed by atoms with Gasteiger partial charge < -0.3 is 9.13 Å². The average molecular weight is 967 g/mol. The van der Waals surface area contributed by atoms with E-state index in [2.05, 4.69) is 258 Å². The highest BCUT2D eigenvalue weighted by Gasteiger charge is 2.24. The van der Waals surface area contributed by atoms with Crippen molar-refractivity contribution in [2.45, 2.75) is 0 Å². The third-order valence-corrected chi connectivity index (χ3v) is 15.0. The Kier molecular flexibility index (Phi) is 10.9. The molecule has 0 aliphatic heterocycles. The van der Waals surface area contributed by atoms with Gasteiger partial charge in [0.2, 0.25) is 0 Å². The van der Waals surface area contributed by atoms with Gasteiger partial charge in [0.15, 0.2) is 0 Å². The summed E-state index contributed by atoms with van der Waals surface area (Å²) in [6.07, 6.45) is 0. The Morgan fingerprint density at radius 3 is 1.05 bits per heavy atom. The van der Waals surface area contributed by atoms with Crippen LogP contribution >= 0.6 is 0 Å². The predicted molar refractivity (Wildman–Crippen MR) is 316 cm³/mol. The Morgan fingerprint density at radius 2 is 0.618 bits per heavy atom. The van der Waals surface area contributed by atoms with Crippen molar-refractivity contribution in [1.29, 1.82) is 5.26 Å². The minimum atomic E-state index is 0.553. The molecule has 0 bridgehead atoms. The number of rotatable bonds is 9. The van der Waals surface area contributed by atoms with Gasteiger partial charge in [-0.2, -0.15) is 5.26 Å². The van der Waals surface area contributed by atoms with Gasteiger partial charge in [-0.15, -0.1) is 0 Å². The van der Waals surface area contributed by atoms with Crippen LogP contribution in [0.4, 0.5) is 0 Å². The first kappa shape index (κ1) is 44.4. The maximum absolute atomic E-state index is 11.6. The molecule has 0 N–H and O–H groups in total. The van der Waals surface area contributed by atoms with Gasteiger partial charge in [-0.3, -0.25) is 0 Å². The topological polar surface area (TPSA) is 46.5 Å². The molecule has 14 aromatic rings. The fourth-order valence-electron chi connectivity index (χ4n) is 11.5. The van der Waals surface area contributed by atoms with E-state index in [4.69, 9.17) is 4.98 Å². The average Bonchev–Trinajstić information content (AvgIpc) is 4.13. The minimum absolute atomic E-state index is 0.553. The fraction of sp³-hybridized carbons (Fsp3) is 0. The number of para-hydroxylation sites is 2. The maximum atomic E-state index is 11.6. The lowest BCUT2D eigenvalue weighted by Gasteiger charge is -2.20. The second-order valence-electron chi connectivity index (χ2n) is 19.3. The molecule has 0 saturated heterocycles. The molecule has 0 aliphatic rings. The fourth-order valence-corrected chi connectivity index (χ4v) is 11.5. The van der Waals surface area contributed by atoms with Gasteiger partial charge in [-0.25, -0.2) is 4.98 Å². The largest absolute Gasteiger partial charge is 0.307 e. The summed E-state index contributed by atoms with van der Waals surface area (Å²) in [6, 6.07) is 102. The van der Waals surface area contributed by atoms with Crippen LogP contribution in [0.15, 0.2) is 279 Å². The molecule has 14 rings (SSSR count). The Balaban J connectivity index is 1.10. The van der Waals surface area contributed by atoms with Crippen molar-refractivity contribution in [2.24, 2.45) is 0 Å². The lowest BCUT2D eigenvalue weighted by molar-refractivity contribution is 1.09. The predicted octanol–water partition coefficient (Wildman–Crippen LogP) is 18.8. The van der Waals surface area contributed by atoms with Crippen LogP contribution in [0.25, 0.3) is 133 Å². The van der Waals surface area contributed by atoms with E-state index in [9.17, 15) is 5.26 Å². The van der Waals surface area contributed by atoms with Gasteiger partial charge in [0.25, 0.3) is 0 Å². The number of nitriles is 1. The summed E-state index contributed by atoms with van der Waals surface area (Å²) in [5, 5.41) is 16.1. The van der Waals surface area contributed by atoms with Crippen molar-refractivity contribution in [3.8, 4) is 95.6 Å². The number of benzene rings is 11. The zero-order valence-corrected chi connectivity index (χ0v) is 41.3. The molecule has 0 amide bonds. The third-order valence-electron chi connectivity index (χ3n) is 15.0. The third kappa shape index (κ3) is 7.57. The highest BCUT2D eigenvalue weighted by Crippen LogP contribution is 2.45. The maximum Gasteiger partial charge on any atom is 0.0998 e. The van der Waals surface area contributed by atoms with Gasteiger partial charge in [0.1, 0.15) is 0 Å². The highest BCUT2D eigenvalue weighted by atomic mass is 15.1. The molecule has 76 heavy (non-hydrogen) atoms. The van der Waals surface area contributed by atoms with Gasteiger partial charge in [0.05, 0.1) is 56.5 Å². The monoisotopic (exact) mass is 966 g/mol. The van der Waals surface area contributed by atoms with Gasteiger partial charge in [-0.05, 0) is 98.6 Å². The van der Waals surface area contributed by atoms with E-state index in [1.807, 2.05) is 36.4 Å². The number of nitrogens with zero attached hydrogens (tertiary/aromatic N) is 4. The second-order valence-corrected chi connectivity index (χ2v) is 19.3. The number of hydrogen-bond donors (Lipinski definition) is 0. The molecular weight excluding hydrogens is 921 g/mol. The normalized spacial score (nSPS) is 11.4. The first-order valence-electron chi connectivity index (χ1n) is 25.8. The smallest absolute Gasteiger partial charge is 0.0998 e. The van der Waals surface area contributed by atoms with Gasteiger partial charge >= 0.3 is 0 Å². The van der Waals surface area contributed by atoms with Crippen LogP contribution in [0, 0.1) is 11.3 Å². The van der Waals surface area contributed by atoms with E-state index in [1.165, 1.54) is 11.1 Å². The van der Waals surface area contributed by atoms with E-state index in [0.29, 0.717) is 5.56 Å². The van der Waals surface area contributed by atoms with Crippen LogP contribution in [-0.2, 0) is 0 Å². The van der Waals surface area contributed by atoms with Crippen LogP contribution in [-0.4, -0.2) is 14.1 Å². The van der Waals surface area contributed by atoms with Crippen molar-refractivity contribution in [2.75, 3.05) is 0 Å². The summed E-state index contributed by atoms with van der Waals surface area (Å²) in [6.45, 7) is 0. The van der Waals surface area contributed by atoms with E-state index < -0.39 is 0 Å². The number of hydrogen-bond acceptors (Lipinski definition) is 2. The summed E-state index contributed by atoms with van der Waals surface area (Å²) >= 11 is 0. The lowest BCUT2D eigenvalue weighted by atomic mass is 9.94. The molecule has 11 aromatic carbocycles. The van der Waals surface area contributed by atoms with E-state index in [-0.39, 0.29) is 0 Å². The Hall–Kier alpha value is -10.3. The van der Waals surface area contributed by atoms with Crippen molar-refractivity contribution >= 4 is 43.6 Å². The van der Waals surface area contributed by atoms with Crippen LogP contribution in [0.3, 0.4) is 0 Å². The minimum Gasteiger partial charge on any atom is -0.307 e. The van der Waals surface area contributed by atoms with Gasteiger partial charge in [0, 0.05) is 38.2 Å². The van der Waals surface area contributed by atoms with Crippen LogP contribution in [0.2, 0.25) is 0 Å². The molecule has 0 spiro atoms. The summed E-state index contributed by atoms with van der Waals surface area (Å²) in [5.74, 6) is 0. The van der Waals surface area contributed by atoms with Crippen molar-refractivity contribution in [1.82, 2.24) is 14.1 Å². The second kappa shape index (κ2) is 18.6. The Bertz CT molecular complexity index is 4510. The van der Waals surface area contributed by atoms with Gasteiger partial charge in [-0.1, -0.05) is 231 Å². The summed E-state index contributed by atoms with van der Waals surface area (Å²) in [5.41, 5.74) is 21.1. The molecular formula is C72H46N4. The van der Waals surface area contributed by atoms with E-state index in [1.54, 1.807) is 0 Å². The summed E-state index contributed by atoms with van der Waals surface area (Å²) in [4.78, 5) is 5.27. The lowest BCUT2D eigenvalue weighted by Crippen LogP contribution is -2.06. The molecule has 3 aromatic heterocycles. The first-order valence-corrected chi connectivity index (χ1v) is 25.8. The zero-order valence-electron chi connectivity index (χ0n) is 41.3. The number of aromatic nitrogens is 3. The standard InChI is InChI=1S/C72H46N4/c73-47-55-45-71(75-67-35-19-17-33-60(67)62-39-37-52(43-69(62)75)58-31-15-13-29-56(58)48-21-5-1-6-22-48)72(46-64(55)54-41-65(50-25-9-3-10-26-50)74-66(42-54)51-27-11-4-12-28-51)76-68-36-20-18-34-61(68)63-40-38-53(44-70(63)76)59-32-16-14-30-57(59)49-23-7-2-8-24-49/h1-46H. The Morgan fingerprint density at radius 1 is 0.263 bits per heavy atom. The molecule has 0 saturated carbocycles. The molecule has 354 valence electrons.